The molecule has 1 N–H and O–H groups in total. The average Bonchev–Trinajstić information content (AvgIpc) is 2.55. The lowest BCUT2D eigenvalue weighted by Crippen LogP contribution is -2.42. The number of hydrogen-bond donors (Lipinski definition) is 1. The summed E-state index contributed by atoms with van der Waals surface area (Å²) >= 11 is 0. The zero-order valence-electron chi connectivity index (χ0n) is 9.32. The fourth-order valence-corrected chi connectivity index (χ4v) is 3.00. The second kappa shape index (κ2) is 4.28. The molecular weight excluding hydrogens is 158 g/mol. The molecule has 1 unspecified atom stereocenters. The minimum Gasteiger partial charge on any atom is -0.313 e. The van der Waals surface area contributed by atoms with Crippen molar-refractivity contribution in [3.8, 4) is 0 Å². The molecule has 0 spiro atoms. The van der Waals surface area contributed by atoms with Gasteiger partial charge in [-0.2, -0.15) is 0 Å². The Morgan fingerprint density at radius 3 is 2.31 bits per heavy atom. The van der Waals surface area contributed by atoms with Crippen molar-refractivity contribution in [2.45, 2.75) is 52.0 Å². The summed E-state index contributed by atoms with van der Waals surface area (Å²) < 4.78 is 0. The van der Waals surface area contributed by atoms with E-state index in [0.717, 1.165) is 0 Å². The highest BCUT2D eigenvalue weighted by Crippen LogP contribution is 2.45. The molecule has 0 radical (unpaired) electrons. The Morgan fingerprint density at radius 2 is 2.00 bits per heavy atom. The normalized spacial score (nSPS) is 23.0. The second-order valence-corrected chi connectivity index (χ2v) is 4.49. The molecule has 1 aliphatic carbocycles. The Hall–Kier alpha value is -0.300. The van der Waals surface area contributed by atoms with Crippen LogP contribution in [0, 0.1) is 5.41 Å². The molecule has 0 bridgehead atoms. The van der Waals surface area contributed by atoms with Gasteiger partial charge in [0.15, 0.2) is 0 Å². The van der Waals surface area contributed by atoms with Crippen molar-refractivity contribution in [1.82, 2.24) is 5.32 Å². The minimum atomic E-state index is 0.514. The van der Waals surface area contributed by atoms with Gasteiger partial charge in [-0.25, -0.2) is 0 Å². The molecule has 0 heterocycles. The van der Waals surface area contributed by atoms with Crippen molar-refractivity contribution in [3.05, 3.63) is 12.2 Å². The third kappa shape index (κ3) is 1.96. The van der Waals surface area contributed by atoms with Crippen LogP contribution in [0.3, 0.4) is 0 Å². The van der Waals surface area contributed by atoms with E-state index in [1.807, 2.05) is 0 Å². The third-order valence-corrected chi connectivity index (χ3v) is 3.70. The smallest absolute Gasteiger partial charge is 0.0328 e. The summed E-state index contributed by atoms with van der Waals surface area (Å²) in [6, 6.07) is 0.528. The molecule has 0 aromatic rings. The Labute approximate surface area is 82.6 Å². The predicted molar refractivity (Wildman–Crippen MR) is 58.9 cm³/mol. The SMILES string of the molecule is C=C(C)C(NC)C1(CC)CCCC1. The number of nitrogens with one attached hydrogen (secondary N) is 1. The maximum Gasteiger partial charge on any atom is 0.0328 e. The van der Waals surface area contributed by atoms with Crippen LogP contribution in [0.4, 0.5) is 0 Å². The van der Waals surface area contributed by atoms with Gasteiger partial charge < -0.3 is 5.32 Å². The summed E-state index contributed by atoms with van der Waals surface area (Å²) in [5, 5.41) is 3.44. The molecule has 1 atom stereocenters. The van der Waals surface area contributed by atoms with Gasteiger partial charge in [0.05, 0.1) is 0 Å². The summed E-state index contributed by atoms with van der Waals surface area (Å²) in [4.78, 5) is 0. The van der Waals surface area contributed by atoms with Crippen molar-refractivity contribution in [2.75, 3.05) is 7.05 Å². The molecule has 0 aromatic heterocycles. The van der Waals surface area contributed by atoms with Crippen LogP contribution in [-0.4, -0.2) is 13.1 Å². The monoisotopic (exact) mass is 181 g/mol. The largest absolute Gasteiger partial charge is 0.313 e. The Bertz CT molecular complexity index is 178. The van der Waals surface area contributed by atoms with Gasteiger partial charge in [0.1, 0.15) is 0 Å². The van der Waals surface area contributed by atoms with Gasteiger partial charge in [-0.3, -0.25) is 0 Å². The fraction of sp³-hybridized carbons (Fsp3) is 0.833. The third-order valence-electron chi connectivity index (χ3n) is 3.70. The van der Waals surface area contributed by atoms with Gasteiger partial charge in [0.25, 0.3) is 0 Å². The first-order valence-corrected chi connectivity index (χ1v) is 5.49. The topological polar surface area (TPSA) is 12.0 Å². The lowest BCUT2D eigenvalue weighted by Gasteiger charge is -2.37. The van der Waals surface area contributed by atoms with E-state index in [9.17, 15) is 0 Å². The maximum absolute atomic E-state index is 4.10. The van der Waals surface area contributed by atoms with Crippen LogP contribution in [0.15, 0.2) is 12.2 Å². The molecule has 0 aromatic carbocycles. The quantitative estimate of drug-likeness (QED) is 0.657. The average molecular weight is 181 g/mol. The van der Waals surface area contributed by atoms with Gasteiger partial charge in [0.2, 0.25) is 0 Å². The zero-order valence-corrected chi connectivity index (χ0v) is 9.32. The Morgan fingerprint density at radius 1 is 1.46 bits per heavy atom. The second-order valence-electron chi connectivity index (χ2n) is 4.49. The highest BCUT2D eigenvalue weighted by Gasteiger charge is 2.39. The highest BCUT2D eigenvalue weighted by atomic mass is 14.9. The van der Waals surface area contributed by atoms with Crippen molar-refractivity contribution >= 4 is 0 Å². The number of rotatable bonds is 4. The molecule has 76 valence electrons. The van der Waals surface area contributed by atoms with Gasteiger partial charge in [0, 0.05) is 6.04 Å². The predicted octanol–water partition coefficient (Wildman–Crippen LogP) is 3.12. The van der Waals surface area contributed by atoms with Crippen LogP contribution >= 0.6 is 0 Å². The molecule has 0 aliphatic heterocycles. The van der Waals surface area contributed by atoms with E-state index in [4.69, 9.17) is 0 Å². The summed E-state index contributed by atoms with van der Waals surface area (Å²) in [5.74, 6) is 0. The van der Waals surface area contributed by atoms with E-state index in [1.54, 1.807) is 0 Å². The van der Waals surface area contributed by atoms with Gasteiger partial charge >= 0.3 is 0 Å². The van der Waals surface area contributed by atoms with Crippen molar-refractivity contribution in [2.24, 2.45) is 5.41 Å². The van der Waals surface area contributed by atoms with E-state index < -0.39 is 0 Å². The van der Waals surface area contributed by atoms with E-state index in [-0.39, 0.29) is 0 Å². The van der Waals surface area contributed by atoms with Crippen LogP contribution in [0.5, 0.6) is 0 Å². The minimum absolute atomic E-state index is 0.514. The molecule has 1 fully saturated rings. The van der Waals surface area contributed by atoms with Crippen molar-refractivity contribution in [1.29, 1.82) is 0 Å². The van der Waals surface area contributed by atoms with Gasteiger partial charge in [-0.05, 0) is 38.6 Å². The Balaban J connectivity index is 2.78. The molecule has 1 saturated carbocycles. The van der Waals surface area contributed by atoms with Crippen LogP contribution in [0.25, 0.3) is 0 Å². The molecule has 1 aliphatic rings. The molecule has 1 heteroatoms. The van der Waals surface area contributed by atoms with E-state index in [0.29, 0.717) is 11.5 Å². The van der Waals surface area contributed by atoms with Crippen LogP contribution < -0.4 is 5.32 Å². The van der Waals surface area contributed by atoms with Crippen LogP contribution in [0.1, 0.15) is 46.0 Å². The highest BCUT2D eigenvalue weighted by molar-refractivity contribution is 5.10. The molecular formula is C12H23N. The number of likely N-dealkylation sites (N-methyl/N-ethyl adjacent to an activating group) is 1. The summed E-state index contributed by atoms with van der Waals surface area (Å²) in [6.45, 7) is 8.57. The first-order chi connectivity index (χ1) is 6.16. The summed E-state index contributed by atoms with van der Waals surface area (Å²) in [7, 11) is 2.06. The standard InChI is InChI=1S/C12H23N/c1-5-12(8-6-7-9-12)11(13-4)10(2)3/h11,13H,2,5-9H2,1,3-4H3. The maximum atomic E-state index is 4.10. The molecule has 1 rings (SSSR count). The first-order valence-electron chi connectivity index (χ1n) is 5.49. The summed E-state index contributed by atoms with van der Waals surface area (Å²) in [6.07, 6.45) is 6.84. The fourth-order valence-electron chi connectivity index (χ4n) is 3.00. The van der Waals surface area contributed by atoms with E-state index in [1.165, 1.54) is 37.7 Å². The molecule has 0 saturated heterocycles. The van der Waals surface area contributed by atoms with Crippen LogP contribution in [0.2, 0.25) is 0 Å². The lowest BCUT2D eigenvalue weighted by molar-refractivity contribution is 0.219. The molecule has 0 amide bonds. The van der Waals surface area contributed by atoms with Gasteiger partial charge in [-0.1, -0.05) is 31.9 Å². The zero-order chi connectivity index (χ0) is 9.90. The number of hydrogen-bond acceptors (Lipinski definition) is 1. The van der Waals surface area contributed by atoms with Crippen molar-refractivity contribution in [3.63, 3.8) is 0 Å². The van der Waals surface area contributed by atoms with Gasteiger partial charge in [-0.15, -0.1) is 0 Å². The van der Waals surface area contributed by atoms with Crippen molar-refractivity contribution < 1.29 is 0 Å². The summed E-state index contributed by atoms with van der Waals surface area (Å²) in [5.41, 5.74) is 1.81. The lowest BCUT2D eigenvalue weighted by atomic mass is 9.74. The molecule has 13 heavy (non-hydrogen) atoms. The molecule has 1 nitrogen and oxygen atoms in total. The van der Waals surface area contributed by atoms with Crippen LogP contribution in [-0.2, 0) is 0 Å². The van der Waals surface area contributed by atoms with E-state index in [2.05, 4.69) is 32.8 Å². The van der Waals surface area contributed by atoms with E-state index >= 15 is 0 Å². The first kappa shape index (κ1) is 10.8. The Kier molecular flexibility index (Phi) is 3.55.